The van der Waals surface area contributed by atoms with Gasteiger partial charge in [0.1, 0.15) is 0 Å². The Hall–Kier alpha value is 1.92. The topological polar surface area (TPSA) is 60.7 Å². The summed E-state index contributed by atoms with van der Waals surface area (Å²) in [6, 6.07) is 0. The normalized spacial score (nSPS) is 4.50. The van der Waals surface area contributed by atoms with Gasteiger partial charge in [-0.2, -0.15) is 0 Å². The third-order valence-electron chi connectivity index (χ3n) is 0. The first kappa shape index (κ1) is 15.7. The summed E-state index contributed by atoms with van der Waals surface area (Å²) in [7, 11) is -2.17. The number of hydrogen-bond acceptors (Lipinski definition) is 3. The van der Waals surface area contributed by atoms with Gasteiger partial charge in [-0.15, -0.1) is 0 Å². The fourth-order valence-corrected chi connectivity index (χ4v) is 0. The van der Waals surface area contributed by atoms with Crippen molar-refractivity contribution < 1.29 is 73.6 Å². The van der Waals surface area contributed by atoms with E-state index in [0.717, 1.165) is 0 Å². The Kier molecular flexibility index (Phi) is 26.2. The van der Waals surface area contributed by atoms with Gasteiger partial charge in [0.05, 0.1) is 0 Å². The van der Waals surface area contributed by atoms with Crippen molar-refractivity contribution in [2.75, 3.05) is 0 Å². The maximum atomic E-state index is 7.17. The molecule has 0 amide bonds. The van der Waals surface area contributed by atoms with Crippen molar-refractivity contribution >= 4 is 7.32 Å². The monoisotopic (exact) mass is 196 g/mol. The smallest absolute Gasteiger partial charge is 0.402 e. The second-order valence-corrected chi connectivity index (χ2v) is 0.346. The van der Waals surface area contributed by atoms with Crippen molar-refractivity contribution in [3.8, 4) is 0 Å². The molecule has 0 aromatic rings. The molecule has 6 heteroatoms. The van der Waals surface area contributed by atoms with Crippen LogP contribution in [0.3, 0.4) is 0 Å². The molecule has 0 saturated carbocycles. The summed E-state index contributed by atoms with van der Waals surface area (Å²) in [5.41, 5.74) is 0. The molecular formula is H3BO3ScY. The van der Waals surface area contributed by atoms with Crippen LogP contribution in [-0.4, -0.2) is 22.4 Å². The average molecular weight is 196 g/mol. The zero-order chi connectivity index (χ0) is 3.58. The van der Waals surface area contributed by atoms with Gasteiger partial charge in [-0.3, -0.25) is 0 Å². The van der Waals surface area contributed by atoms with E-state index >= 15 is 0 Å². The molecule has 0 fully saturated rings. The van der Waals surface area contributed by atoms with Crippen LogP contribution in [0.1, 0.15) is 0 Å². The van der Waals surface area contributed by atoms with E-state index in [1.165, 1.54) is 0 Å². The molecule has 0 aromatic carbocycles. The van der Waals surface area contributed by atoms with Crippen molar-refractivity contribution in [3.63, 3.8) is 0 Å². The molecule has 0 saturated heterocycles. The summed E-state index contributed by atoms with van der Waals surface area (Å²) in [5, 5.41) is 21.5. The molecule has 0 aliphatic heterocycles. The Morgan fingerprint density at radius 3 is 1.00 bits per heavy atom. The first-order valence-corrected chi connectivity index (χ1v) is 0.775. The van der Waals surface area contributed by atoms with Crippen LogP contribution in [0.15, 0.2) is 0 Å². The van der Waals surface area contributed by atoms with Crippen LogP contribution >= 0.6 is 0 Å². The van der Waals surface area contributed by atoms with Crippen LogP contribution in [0, 0.1) is 0 Å². The molecule has 0 rings (SSSR count). The Bertz CT molecular complexity index is 15.5. The molecule has 0 spiro atoms. The molecule has 0 bridgehead atoms. The predicted molar refractivity (Wildman–Crippen MR) is 12.4 cm³/mol. The second kappa shape index (κ2) is 10.0. The quantitative estimate of drug-likeness (QED) is 0.390. The summed E-state index contributed by atoms with van der Waals surface area (Å²) in [6.07, 6.45) is 0. The third-order valence-corrected chi connectivity index (χ3v) is 0. The van der Waals surface area contributed by atoms with E-state index in [2.05, 4.69) is 0 Å². The van der Waals surface area contributed by atoms with Gasteiger partial charge in [0.15, 0.2) is 0 Å². The molecule has 0 unspecified atom stereocenters. The van der Waals surface area contributed by atoms with E-state index in [9.17, 15) is 0 Å². The summed E-state index contributed by atoms with van der Waals surface area (Å²) in [4.78, 5) is 0. The molecule has 2 radical (unpaired) electrons. The van der Waals surface area contributed by atoms with E-state index < -0.39 is 7.32 Å². The minimum atomic E-state index is -2.17. The van der Waals surface area contributed by atoms with Crippen LogP contribution in [0.5, 0.6) is 0 Å². The van der Waals surface area contributed by atoms with Crippen LogP contribution in [0.25, 0.3) is 0 Å². The first-order chi connectivity index (χ1) is 1.73. The molecule has 30 valence electrons. The molecule has 3 N–H and O–H groups in total. The maximum absolute atomic E-state index is 7.17. The molecular weight excluding hydrogens is 193 g/mol. The average Bonchev–Trinajstić information content (AvgIpc) is 0.811. The Morgan fingerprint density at radius 2 is 1.00 bits per heavy atom. The SMILES string of the molecule is OB(O)O.[Sc].[Y]. The van der Waals surface area contributed by atoms with E-state index in [1.807, 2.05) is 0 Å². The zero-order valence-corrected chi connectivity index (χ0v) is 7.72. The molecule has 0 aromatic heterocycles. The van der Waals surface area contributed by atoms with Crippen LogP contribution in [-0.2, 0) is 58.6 Å². The summed E-state index contributed by atoms with van der Waals surface area (Å²) >= 11 is 0. The molecule has 0 aliphatic rings. The minimum Gasteiger partial charge on any atom is -0.402 e. The number of rotatable bonds is 0. The van der Waals surface area contributed by atoms with Crippen LogP contribution in [0.4, 0.5) is 0 Å². The zero-order valence-electron chi connectivity index (χ0n) is 3.07. The fourth-order valence-electron chi connectivity index (χ4n) is 0. The van der Waals surface area contributed by atoms with E-state index in [0.29, 0.717) is 0 Å². The van der Waals surface area contributed by atoms with Crippen molar-refractivity contribution in [1.29, 1.82) is 0 Å². The van der Waals surface area contributed by atoms with Crippen molar-refractivity contribution in [2.45, 2.75) is 0 Å². The van der Waals surface area contributed by atoms with Gasteiger partial charge in [-0.25, -0.2) is 0 Å². The molecule has 0 atom stereocenters. The van der Waals surface area contributed by atoms with Gasteiger partial charge in [0.25, 0.3) is 0 Å². The van der Waals surface area contributed by atoms with Gasteiger partial charge in [-0.1, -0.05) is 0 Å². The predicted octanol–water partition coefficient (Wildman–Crippen LogP) is -2.06. The minimum absolute atomic E-state index is 0. The van der Waals surface area contributed by atoms with Crippen molar-refractivity contribution in [3.05, 3.63) is 0 Å². The maximum Gasteiger partial charge on any atom is 0.631 e. The standard InChI is InChI=1S/BH3O3.Sc.Y/c2-1(3)4;;/h2-4H;;. The summed E-state index contributed by atoms with van der Waals surface area (Å²) in [5.74, 6) is 0. The molecule has 3 nitrogen and oxygen atoms in total. The van der Waals surface area contributed by atoms with Gasteiger partial charge in [0, 0.05) is 58.6 Å². The summed E-state index contributed by atoms with van der Waals surface area (Å²) in [6.45, 7) is 0. The Morgan fingerprint density at radius 1 is 1.00 bits per heavy atom. The number of hydrogen-bond donors (Lipinski definition) is 3. The van der Waals surface area contributed by atoms with E-state index in [1.54, 1.807) is 0 Å². The molecule has 0 heterocycles. The first-order valence-electron chi connectivity index (χ1n) is 0.775. The van der Waals surface area contributed by atoms with E-state index in [4.69, 9.17) is 15.1 Å². The van der Waals surface area contributed by atoms with Crippen molar-refractivity contribution in [2.24, 2.45) is 0 Å². The largest absolute Gasteiger partial charge is 0.631 e. The van der Waals surface area contributed by atoms with Gasteiger partial charge < -0.3 is 15.1 Å². The third kappa shape index (κ3) is 38.9. The molecule has 6 heavy (non-hydrogen) atoms. The fraction of sp³-hybridized carbons (Fsp3) is 0. The van der Waals surface area contributed by atoms with Crippen molar-refractivity contribution in [1.82, 2.24) is 0 Å². The Balaban J connectivity index is -0.0000000450. The van der Waals surface area contributed by atoms with Gasteiger partial charge in [0.2, 0.25) is 0 Å². The second-order valence-electron chi connectivity index (χ2n) is 0.346. The van der Waals surface area contributed by atoms with Gasteiger partial charge in [-0.05, 0) is 0 Å². The Labute approximate surface area is 80.0 Å². The van der Waals surface area contributed by atoms with Crippen LogP contribution in [0.2, 0.25) is 0 Å². The summed E-state index contributed by atoms with van der Waals surface area (Å²) < 4.78 is 0. The van der Waals surface area contributed by atoms with Crippen LogP contribution < -0.4 is 0 Å². The van der Waals surface area contributed by atoms with E-state index in [-0.39, 0.29) is 58.6 Å². The molecule has 0 aliphatic carbocycles. The van der Waals surface area contributed by atoms with Gasteiger partial charge >= 0.3 is 7.32 Å².